The maximum Gasteiger partial charge on any atom is 0.161 e. The Balaban J connectivity index is 2.12. The summed E-state index contributed by atoms with van der Waals surface area (Å²) in [5.41, 5.74) is 7.26. The number of anilines is 1. The highest BCUT2D eigenvalue weighted by Crippen LogP contribution is 2.28. The summed E-state index contributed by atoms with van der Waals surface area (Å²) in [5.74, 6) is 1.42. The Morgan fingerprint density at radius 1 is 1.05 bits per heavy atom. The van der Waals surface area contributed by atoms with Gasteiger partial charge in [-0.1, -0.05) is 23.7 Å². The average molecular weight is 278 g/mol. The zero-order chi connectivity index (χ0) is 13.7. The molecule has 0 aliphatic rings. The molecule has 0 fully saturated rings. The Bertz CT molecular complexity index is 558. The molecule has 4 heteroatoms. The Hall–Kier alpha value is -1.87. The number of ether oxygens (including phenoxy) is 2. The zero-order valence-electron chi connectivity index (χ0n) is 10.7. The lowest BCUT2D eigenvalue weighted by molar-refractivity contribution is 0.269. The van der Waals surface area contributed by atoms with Crippen LogP contribution in [0.1, 0.15) is 12.5 Å². The van der Waals surface area contributed by atoms with E-state index in [2.05, 4.69) is 0 Å². The molecule has 2 rings (SSSR count). The Morgan fingerprint density at radius 2 is 1.74 bits per heavy atom. The number of nitrogens with two attached hydrogens (primary N) is 1. The SMILES string of the molecule is CCOc1ccccc1OCc1cc(N)ccc1Cl. The van der Waals surface area contributed by atoms with Gasteiger partial charge in [0.25, 0.3) is 0 Å². The molecule has 0 amide bonds. The molecule has 0 aromatic heterocycles. The summed E-state index contributed by atoms with van der Waals surface area (Å²) in [4.78, 5) is 0. The summed E-state index contributed by atoms with van der Waals surface area (Å²) in [6.45, 7) is 2.89. The molecule has 2 N–H and O–H groups in total. The maximum atomic E-state index is 6.10. The normalized spacial score (nSPS) is 10.2. The molecule has 0 saturated carbocycles. The van der Waals surface area contributed by atoms with Crippen LogP contribution in [0.15, 0.2) is 42.5 Å². The van der Waals surface area contributed by atoms with Crippen molar-refractivity contribution in [2.75, 3.05) is 12.3 Å². The minimum Gasteiger partial charge on any atom is -0.490 e. The number of rotatable bonds is 5. The second-order valence-corrected chi connectivity index (χ2v) is 4.43. The van der Waals surface area contributed by atoms with Gasteiger partial charge < -0.3 is 15.2 Å². The highest BCUT2D eigenvalue weighted by Gasteiger charge is 2.06. The summed E-state index contributed by atoms with van der Waals surface area (Å²) in [6.07, 6.45) is 0. The third-order valence-electron chi connectivity index (χ3n) is 2.60. The van der Waals surface area contributed by atoms with Gasteiger partial charge >= 0.3 is 0 Å². The van der Waals surface area contributed by atoms with Crippen LogP contribution in [-0.2, 0) is 6.61 Å². The van der Waals surface area contributed by atoms with Crippen LogP contribution in [0.25, 0.3) is 0 Å². The van der Waals surface area contributed by atoms with Crippen LogP contribution in [0.2, 0.25) is 5.02 Å². The first-order chi connectivity index (χ1) is 9.20. The molecule has 100 valence electrons. The highest BCUT2D eigenvalue weighted by atomic mass is 35.5. The van der Waals surface area contributed by atoms with Gasteiger partial charge in [-0.25, -0.2) is 0 Å². The molecule has 0 bridgehead atoms. The van der Waals surface area contributed by atoms with E-state index in [9.17, 15) is 0 Å². The zero-order valence-corrected chi connectivity index (χ0v) is 11.5. The van der Waals surface area contributed by atoms with E-state index in [1.807, 2.05) is 37.3 Å². The lowest BCUT2D eigenvalue weighted by atomic mass is 10.2. The van der Waals surface area contributed by atoms with Gasteiger partial charge in [-0.2, -0.15) is 0 Å². The molecular weight excluding hydrogens is 262 g/mol. The minimum absolute atomic E-state index is 0.355. The summed E-state index contributed by atoms with van der Waals surface area (Å²) in [6, 6.07) is 12.9. The van der Waals surface area contributed by atoms with E-state index in [0.717, 1.165) is 11.3 Å². The fourth-order valence-corrected chi connectivity index (χ4v) is 1.88. The van der Waals surface area contributed by atoms with E-state index in [1.54, 1.807) is 12.1 Å². The molecule has 0 spiro atoms. The Morgan fingerprint density at radius 3 is 2.42 bits per heavy atom. The van der Waals surface area contributed by atoms with Gasteiger partial charge in [-0.3, -0.25) is 0 Å². The summed E-state index contributed by atoms with van der Waals surface area (Å²) in [5, 5.41) is 0.642. The van der Waals surface area contributed by atoms with Gasteiger partial charge in [0, 0.05) is 16.3 Å². The smallest absolute Gasteiger partial charge is 0.161 e. The van der Waals surface area contributed by atoms with Gasteiger partial charge in [-0.05, 0) is 37.3 Å². The molecule has 0 aliphatic carbocycles. The van der Waals surface area contributed by atoms with Crippen LogP contribution in [-0.4, -0.2) is 6.61 Å². The number of nitrogen functional groups attached to an aromatic ring is 1. The Labute approximate surface area is 117 Å². The lowest BCUT2D eigenvalue weighted by Crippen LogP contribution is -2.00. The van der Waals surface area contributed by atoms with E-state index in [-0.39, 0.29) is 0 Å². The van der Waals surface area contributed by atoms with E-state index >= 15 is 0 Å². The first-order valence-electron chi connectivity index (χ1n) is 6.09. The van der Waals surface area contributed by atoms with Crippen molar-refractivity contribution in [2.45, 2.75) is 13.5 Å². The highest BCUT2D eigenvalue weighted by molar-refractivity contribution is 6.31. The van der Waals surface area contributed by atoms with Crippen LogP contribution < -0.4 is 15.2 Å². The van der Waals surface area contributed by atoms with Gasteiger partial charge in [0.15, 0.2) is 11.5 Å². The molecule has 0 unspecified atom stereocenters. The van der Waals surface area contributed by atoms with Crippen LogP contribution in [0.3, 0.4) is 0 Å². The monoisotopic (exact) mass is 277 g/mol. The van der Waals surface area contributed by atoms with Gasteiger partial charge in [-0.15, -0.1) is 0 Å². The standard InChI is InChI=1S/C15H16ClNO2/c1-2-18-14-5-3-4-6-15(14)19-10-11-9-12(17)7-8-13(11)16/h3-9H,2,10,17H2,1H3. The molecule has 2 aromatic carbocycles. The average Bonchev–Trinajstić information content (AvgIpc) is 2.42. The van der Waals surface area contributed by atoms with Crippen LogP contribution in [0.5, 0.6) is 11.5 Å². The predicted molar refractivity (Wildman–Crippen MR) is 77.8 cm³/mol. The van der Waals surface area contributed by atoms with Gasteiger partial charge in [0.2, 0.25) is 0 Å². The molecule has 0 radical (unpaired) electrons. The second-order valence-electron chi connectivity index (χ2n) is 4.02. The van der Waals surface area contributed by atoms with E-state index in [0.29, 0.717) is 29.7 Å². The van der Waals surface area contributed by atoms with Crippen molar-refractivity contribution < 1.29 is 9.47 Å². The molecular formula is C15H16ClNO2. The summed E-state index contributed by atoms with van der Waals surface area (Å²) < 4.78 is 11.2. The van der Waals surface area contributed by atoms with Crippen LogP contribution in [0, 0.1) is 0 Å². The van der Waals surface area contributed by atoms with Crippen molar-refractivity contribution in [2.24, 2.45) is 0 Å². The van der Waals surface area contributed by atoms with E-state index < -0.39 is 0 Å². The number of halogens is 1. The number of benzene rings is 2. The first kappa shape index (κ1) is 13.6. The molecule has 0 heterocycles. The third-order valence-corrected chi connectivity index (χ3v) is 2.97. The third kappa shape index (κ3) is 3.55. The summed E-state index contributed by atoms with van der Waals surface area (Å²) in [7, 11) is 0. The quantitative estimate of drug-likeness (QED) is 0.843. The largest absolute Gasteiger partial charge is 0.490 e. The maximum absolute atomic E-state index is 6.10. The summed E-state index contributed by atoms with van der Waals surface area (Å²) >= 11 is 6.10. The number of para-hydroxylation sites is 2. The van der Waals surface area contributed by atoms with Crippen molar-refractivity contribution >= 4 is 17.3 Å². The van der Waals surface area contributed by atoms with Crippen molar-refractivity contribution in [1.29, 1.82) is 0 Å². The van der Waals surface area contributed by atoms with Crippen molar-refractivity contribution in [3.63, 3.8) is 0 Å². The van der Waals surface area contributed by atoms with Gasteiger partial charge in [0.05, 0.1) is 6.61 Å². The van der Waals surface area contributed by atoms with Crippen LogP contribution >= 0.6 is 11.6 Å². The number of hydrogen-bond donors (Lipinski definition) is 1. The van der Waals surface area contributed by atoms with Crippen molar-refractivity contribution in [3.8, 4) is 11.5 Å². The topological polar surface area (TPSA) is 44.5 Å². The predicted octanol–water partition coefficient (Wildman–Crippen LogP) is 3.90. The van der Waals surface area contributed by atoms with Crippen molar-refractivity contribution in [3.05, 3.63) is 53.1 Å². The van der Waals surface area contributed by atoms with Gasteiger partial charge in [0.1, 0.15) is 6.61 Å². The molecule has 3 nitrogen and oxygen atoms in total. The molecule has 2 aromatic rings. The fraction of sp³-hybridized carbons (Fsp3) is 0.200. The van der Waals surface area contributed by atoms with E-state index in [1.165, 1.54) is 0 Å². The molecule has 19 heavy (non-hydrogen) atoms. The van der Waals surface area contributed by atoms with Crippen LogP contribution in [0.4, 0.5) is 5.69 Å². The lowest BCUT2D eigenvalue weighted by Gasteiger charge is -2.12. The first-order valence-corrected chi connectivity index (χ1v) is 6.47. The number of hydrogen-bond acceptors (Lipinski definition) is 3. The van der Waals surface area contributed by atoms with E-state index in [4.69, 9.17) is 26.8 Å². The minimum atomic E-state index is 0.355. The van der Waals surface area contributed by atoms with Crippen molar-refractivity contribution in [1.82, 2.24) is 0 Å². The molecule has 0 saturated heterocycles. The second kappa shape index (κ2) is 6.34. The molecule has 0 atom stereocenters. The Kier molecular flexibility index (Phi) is 4.53. The molecule has 0 aliphatic heterocycles. The fourth-order valence-electron chi connectivity index (χ4n) is 1.70.